The molecular formula is C20H18O4. The average Bonchev–Trinajstić information content (AvgIpc) is 2.65. The molecule has 4 heteroatoms. The van der Waals surface area contributed by atoms with Gasteiger partial charge in [-0.1, -0.05) is 30.3 Å². The summed E-state index contributed by atoms with van der Waals surface area (Å²) in [5, 5.41) is 2.31. The number of benzene rings is 3. The Bertz CT molecular complexity index is 842. The molecule has 0 amide bonds. The molecule has 0 fully saturated rings. The van der Waals surface area contributed by atoms with Crippen molar-refractivity contribution in [3.8, 4) is 17.2 Å². The predicted octanol–water partition coefficient (Wildman–Crippen LogP) is 4.12. The van der Waals surface area contributed by atoms with Crippen LogP contribution >= 0.6 is 0 Å². The Kier molecular flexibility index (Phi) is 4.96. The highest BCUT2D eigenvalue weighted by Gasteiger charge is 2.05. The standard InChI is InChI=1S/C20H18O4/c1-22-18-8-7-17(14-21)20(13-18)24-11-10-23-19-9-6-15-4-2-3-5-16(15)12-19/h2-9,12-14H,10-11H2,1H3. The van der Waals surface area contributed by atoms with Crippen LogP contribution in [0.3, 0.4) is 0 Å². The number of fused-ring (bicyclic) bond motifs is 1. The average molecular weight is 322 g/mol. The summed E-state index contributed by atoms with van der Waals surface area (Å²) in [5.74, 6) is 1.93. The first kappa shape index (κ1) is 15.9. The van der Waals surface area contributed by atoms with E-state index in [9.17, 15) is 4.79 Å². The monoisotopic (exact) mass is 322 g/mol. The van der Waals surface area contributed by atoms with Crippen molar-refractivity contribution in [3.05, 3.63) is 66.2 Å². The zero-order valence-electron chi connectivity index (χ0n) is 13.4. The maximum atomic E-state index is 11.1. The van der Waals surface area contributed by atoms with Gasteiger partial charge in [-0.15, -0.1) is 0 Å². The molecular weight excluding hydrogens is 304 g/mol. The van der Waals surface area contributed by atoms with Crippen LogP contribution < -0.4 is 14.2 Å². The van der Waals surface area contributed by atoms with Crippen LogP contribution in [-0.2, 0) is 0 Å². The Morgan fingerprint density at radius 2 is 1.58 bits per heavy atom. The van der Waals surface area contributed by atoms with Gasteiger partial charge < -0.3 is 14.2 Å². The first-order valence-corrected chi connectivity index (χ1v) is 7.68. The maximum Gasteiger partial charge on any atom is 0.153 e. The maximum absolute atomic E-state index is 11.1. The third-order valence-electron chi connectivity index (χ3n) is 3.68. The fraction of sp³-hybridized carbons (Fsp3) is 0.150. The largest absolute Gasteiger partial charge is 0.497 e. The molecule has 3 aromatic rings. The molecule has 0 N–H and O–H groups in total. The van der Waals surface area contributed by atoms with Crippen LogP contribution in [0.1, 0.15) is 10.4 Å². The Hall–Kier alpha value is -3.01. The summed E-state index contributed by atoms with van der Waals surface area (Å²) in [7, 11) is 1.57. The zero-order chi connectivity index (χ0) is 16.8. The van der Waals surface area contributed by atoms with Gasteiger partial charge in [-0.05, 0) is 35.0 Å². The van der Waals surface area contributed by atoms with Crippen LogP contribution in [-0.4, -0.2) is 26.6 Å². The van der Waals surface area contributed by atoms with E-state index < -0.39 is 0 Å². The van der Waals surface area contributed by atoms with Crippen LogP contribution in [0.15, 0.2) is 60.7 Å². The van der Waals surface area contributed by atoms with Crippen LogP contribution in [0.5, 0.6) is 17.2 Å². The molecule has 0 unspecified atom stereocenters. The van der Waals surface area contributed by atoms with Gasteiger partial charge >= 0.3 is 0 Å². The number of methoxy groups -OCH3 is 1. The van der Waals surface area contributed by atoms with Crippen LogP contribution in [0.4, 0.5) is 0 Å². The van der Waals surface area contributed by atoms with Gasteiger partial charge in [0, 0.05) is 6.07 Å². The van der Waals surface area contributed by atoms with E-state index in [0.717, 1.165) is 17.4 Å². The van der Waals surface area contributed by atoms with Gasteiger partial charge in [0.1, 0.15) is 30.5 Å². The number of hydrogen-bond acceptors (Lipinski definition) is 4. The lowest BCUT2D eigenvalue weighted by molar-refractivity contribution is 0.111. The summed E-state index contributed by atoms with van der Waals surface area (Å²) in [6, 6.07) is 19.2. The molecule has 0 saturated carbocycles. The lowest BCUT2D eigenvalue weighted by Gasteiger charge is -2.11. The molecule has 0 heterocycles. The number of carbonyl (C=O) groups is 1. The van der Waals surface area contributed by atoms with Gasteiger partial charge in [0.25, 0.3) is 0 Å². The highest BCUT2D eigenvalue weighted by molar-refractivity contribution is 5.83. The topological polar surface area (TPSA) is 44.8 Å². The third-order valence-corrected chi connectivity index (χ3v) is 3.68. The van der Waals surface area contributed by atoms with Gasteiger partial charge in [0.15, 0.2) is 6.29 Å². The van der Waals surface area contributed by atoms with E-state index in [-0.39, 0.29) is 0 Å². The molecule has 0 spiro atoms. The van der Waals surface area contributed by atoms with Crippen molar-refractivity contribution in [2.45, 2.75) is 0 Å². The first-order chi connectivity index (χ1) is 11.8. The Labute approximate surface area is 140 Å². The van der Waals surface area contributed by atoms with Crippen molar-refractivity contribution >= 4 is 17.1 Å². The van der Waals surface area contributed by atoms with E-state index in [1.165, 1.54) is 5.39 Å². The van der Waals surface area contributed by atoms with Crippen molar-refractivity contribution < 1.29 is 19.0 Å². The minimum absolute atomic E-state index is 0.334. The molecule has 0 aliphatic carbocycles. The van der Waals surface area contributed by atoms with Gasteiger partial charge in [0.05, 0.1) is 12.7 Å². The molecule has 0 atom stereocenters. The summed E-state index contributed by atoms with van der Waals surface area (Å²) in [5.41, 5.74) is 0.488. The molecule has 0 aromatic heterocycles. The lowest BCUT2D eigenvalue weighted by atomic mass is 10.1. The predicted molar refractivity (Wildman–Crippen MR) is 93.3 cm³/mol. The van der Waals surface area contributed by atoms with Crippen molar-refractivity contribution in [1.82, 2.24) is 0 Å². The van der Waals surface area contributed by atoms with Crippen LogP contribution in [0, 0.1) is 0 Å². The van der Waals surface area contributed by atoms with Crippen molar-refractivity contribution in [3.63, 3.8) is 0 Å². The van der Waals surface area contributed by atoms with Crippen molar-refractivity contribution in [2.24, 2.45) is 0 Å². The fourth-order valence-corrected chi connectivity index (χ4v) is 2.43. The minimum Gasteiger partial charge on any atom is -0.497 e. The Morgan fingerprint density at radius 3 is 2.38 bits per heavy atom. The second kappa shape index (κ2) is 7.51. The highest BCUT2D eigenvalue weighted by Crippen LogP contribution is 2.24. The van der Waals surface area contributed by atoms with Crippen LogP contribution in [0.25, 0.3) is 10.8 Å². The van der Waals surface area contributed by atoms with E-state index in [1.807, 2.05) is 36.4 Å². The summed E-state index contributed by atoms with van der Waals surface area (Å²) >= 11 is 0. The second-order valence-electron chi connectivity index (χ2n) is 5.23. The molecule has 122 valence electrons. The zero-order valence-corrected chi connectivity index (χ0v) is 13.4. The Morgan fingerprint density at radius 1 is 0.833 bits per heavy atom. The SMILES string of the molecule is COc1ccc(C=O)c(OCCOc2ccc3ccccc3c2)c1. The number of rotatable bonds is 7. The molecule has 24 heavy (non-hydrogen) atoms. The summed E-state index contributed by atoms with van der Waals surface area (Å²) in [6.45, 7) is 0.717. The second-order valence-corrected chi connectivity index (χ2v) is 5.23. The summed E-state index contributed by atoms with van der Waals surface area (Å²) < 4.78 is 16.5. The minimum atomic E-state index is 0.334. The van der Waals surface area contributed by atoms with Crippen molar-refractivity contribution in [2.75, 3.05) is 20.3 Å². The molecule has 3 rings (SSSR count). The molecule has 0 saturated heterocycles. The smallest absolute Gasteiger partial charge is 0.153 e. The summed E-state index contributed by atoms with van der Waals surface area (Å²) in [6.07, 6.45) is 0.763. The normalized spacial score (nSPS) is 10.4. The van der Waals surface area contributed by atoms with E-state index >= 15 is 0 Å². The third kappa shape index (κ3) is 3.66. The molecule has 4 nitrogen and oxygen atoms in total. The fourth-order valence-electron chi connectivity index (χ4n) is 2.43. The molecule has 0 aliphatic heterocycles. The van der Waals surface area contributed by atoms with Gasteiger partial charge in [-0.25, -0.2) is 0 Å². The van der Waals surface area contributed by atoms with E-state index in [4.69, 9.17) is 14.2 Å². The van der Waals surface area contributed by atoms with E-state index in [0.29, 0.717) is 30.3 Å². The van der Waals surface area contributed by atoms with E-state index in [2.05, 4.69) is 6.07 Å². The Balaban J connectivity index is 1.59. The lowest BCUT2D eigenvalue weighted by Crippen LogP contribution is -2.10. The number of ether oxygens (including phenoxy) is 3. The molecule has 0 radical (unpaired) electrons. The number of carbonyl (C=O) groups excluding carboxylic acids is 1. The van der Waals surface area contributed by atoms with Crippen molar-refractivity contribution in [1.29, 1.82) is 0 Å². The highest BCUT2D eigenvalue weighted by atomic mass is 16.5. The molecule has 3 aromatic carbocycles. The molecule has 0 aliphatic rings. The first-order valence-electron chi connectivity index (χ1n) is 7.68. The van der Waals surface area contributed by atoms with Gasteiger partial charge in [-0.2, -0.15) is 0 Å². The van der Waals surface area contributed by atoms with Crippen LogP contribution in [0.2, 0.25) is 0 Å². The quantitative estimate of drug-likeness (QED) is 0.485. The molecule has 0 bridgehead atoms. The summed E-state index contributed by atoms with van der Waals surface area (Å²) in [4.78, 5) is 11.1. The van der Waals surface area contributed by atoms with Gasteiger partial charge in [0.2, 0.25) is 0 Å². The number of hydrogen-bond donors (Lipinski definition) is 0. The van der Waals surface area contributed by atoms with E-state index in [1.54, 1.807) is 25.3 Å². The van der Waals surface area contributed by atoms with Gasteiger partial charge in [-0.3, -0.25) is 4.79 Å². The number of aldehydes is 1.